The van der Waals surface area contributed by atoms with Gasteiger partial charge in [-0.05, 0) is 92.1 Å². The van der Waals surface area contributed by atoms with Crippen molar-refractivity contribution < 1.29 is 15.9 Å². The third kappa shape index (κ3) is 12.2. The van der Waals surface area contributed by atoms with E-state index >= 15 is 0 Å². The summed E-state index contributed by atoms with van der Waals surface area (Å²) in [5.41, 5.74) is 1.07. The molecular weight excluding hydrogens is 783 g/mol. The van der Waals surface area contributed by atoms with Crippen LogP contribution in [0.15, 0.2) is 34.7 Å². The number of halogens is 4. The van der Waals surface area contributed by atoms with Crippen LogP contribution in [-0.2, 0) is 15.9 Å². The number of rotatable bonds is 14. The standard InChI is InChI=1S/C35H63Cl2N2.C6H7N.2ClH.Pd/c1-9-24(10-2)28-19-17-20-29(25(11-3)12-4)32(28)38-23-39(35(37)34(38)36)33-30(26(13-5)14-6)21-18-22-31(33)27(15-7)16-8;1-6-4-2-3-5-7-6;;;/h23-33H,9-22H2,1-8H3;2-5H,1H3;2*1H;/q-1;;;;+2/p-2. The minimum atomic E-state index is -0.106. The number of nitrogens with zero attached hydrogens (tertiary/aromatic N) is 3. The molecule has 3 nitrogen and oxygen atoms in total. The summed E-state index contributed by atoms with van der Waals surface area (Å²) in [4.78, 5) is 9.03. The Balaban J connectivity index is 0.000000718. The quantitative estimate of drug-likeness (QED) is 0.106. The maximum atomic E-state index is 7.38. The first-order valence-electron chi connectivity index (χ1n) is 19.8. The summed E-state index contributed by atoms with van der Waals surface area (Å²) in [6.07, 6.45) is 19.9. The van der Waals surface area contributed by atoms with Gasteiger partial charge in [-0.25, -0.2) is 0 Å². The molecule has 4 atom stereocenters. The zero-order chi connectivity index (χ0) is 36.5. The van der Waals surface area contributed by atoms with E-state index in [0.29, 0.717) is 35.8 Å². The van der Waals surface area contributed by atoms with Gasteiger partial charge in [-0.2, -0.15) is 6.67 Å². The molecule has 49 heavy (non-hydrogen) atoms. The van der Waals surface area contributed by atoms with E-state index in [-0.39, 0.29) is 15.9 Å². The molecule has 4 unspecified atom stereocenters. The predicted octanol–water partition coefficient (Wildman–Crippen LogP) is 14.4. The summed E-state index contributed by atoms with van der Waals surface area (Å²) in [5, 5.41) is 1.63. The average molecular weight is 853 g/mol. The first kappa shape index (κ1) is 45.5. The monoisotopic (exact) mass is 850 g/mol. The second-order valence-electron chi connectivity index (χ2n) is 14.8. The molecule has 2 fully saturated rings. The van der Waals surface area contributed by atoms with Crippen LogP contribution in [0.3, 0.4) is 0 Å². The summed E-state index contributed by atoms with van der Waals surface area (Å²) in [6.45, 7) is 23.6. The minimum absolute atomic E-state index is 0.106. The van der Waals surface area contributed by atoms with Crippen molar-refractivity contribution in [2.45, 2.75) is 164 Å². The molecule has 1 aliphatic heterocycles. The molecule has 2 heterocycles. The summed E-state index contributed by atoms with van der Waals surface area (Å²) in [7, 11) is 9.63. The topological polar surface area (TPSA) is 19.4 Å². The van der Waals surface area contributed by atoms with Crippen LogP contribution >= 0.6 is 42.3 Å². The van der Waals surface area contributed by atoms with Gasteiger partial charge in [0.05, 0.1) is 0 Å². The molecule has 2 aliphatic carbocycles. The fourth-order valence-corrected chi connectivity index (χ4v) is 10.8. The van der Waals surface area contributed by atoms with Crippen LogP contribution in [0.2, 0.25) is 0 Å². The molecule has 0 spiro atoms. The summed E-state index contributed by atoms with van der Waals surface area (Å²) >= 11 is 14.7. The molecule has 1 aromatic heterocycles. The van der Waals surface area contributed by atoms with Crippen LogP contribution in [0.1, 0.15) is 151 Å². The van der Waals surface area contributed by atoms with Crippen molar-refractivity contribution >= 4 is 42.3 Å². The van der Waals surface area contributed by atoms with Crippen LogP contribution in [0.4, 0.5) is 0 Å². The second-order valence-corrected chi connectivity index (χ2v) is 17.9. The molecule has 0 bridgehead atoms. The van der Waals surface area contributed by atoms with Crippen molar-refractivity contribution in [3.63, 3.8) is 0 Å². The van der Waals surface area contributed by atoms with Gasteiger partial charge in [0.25, 0.3) is 0 Å². The van der Waals surface area contributed by atoms with E-state index < -0.39 is 0 Å². The fourth-order valence-electron chi connectivity index (χ4n) is 10.3. The maximum absolute atomic E-state index is 7.38. The predicted molar refractivity (Wildman–Crippen MR) is 213 cm³/mol. The molecule has 288 valence electrons. The van der Waals surface area contributed by atoms with Crippen molar-refractivity contribution in [1.29, 1.82) is 0 Å². The van der Waals surface area contributed by atoms with E-state index in [1.807, 2.05) is 25.1 Å². The third-order valence-electron chi connectivity index (χ3n) is 12.8. The van der Waals surface area contributed by atoms with E-state index in [1.54, 1.807) is 6.20 Å². The van der Waals surface area contributed by atoms with Crippen molar-refractivity contribution in [3.05, 3.63) is 47.1 Å². The Morgan fingerprint density at radius 2 is 0.939 bits per heavy atom. The Bertz CT molecular complexity index is 929. The van der Waals surface area contributed by atoms with Gasteiger partial charge in [0, 0.05) is 24.0 Å². The van der Waals surface area contributed by atoms with Crippen LogP contribution in [-0.4, -0.2) is 26.9 Å². The van der Waals surface area contributed by atoms with Gasteiger partial charge in [-0.1, -0.05) is 149 Å². The number of aryl methyl sites for hydroxylation is 1. The number of aromatic nitrogens is 1. The molecule has 0 amide bonds. The van der Waals surface area contributed by atoms with Gasteiger partial charge in [0.1, 0.15) is 10.3 Å². The summed E-state index contributed by atoms with van der Waals surface area (Å²) in [5.74, 6) is 5.75. The Morgan fingerprint density at radius 3 is 1.14 bits per heavy atom. The van der Waals surface area contributed by atoms with Gasteiger partial charge < -0.3 is 9.80 Å². The number of hydrogen-bond acceptors (Lipinski definition) is 3. The molecule has 0 saturated heterocycles. The molecule has 0 radical (unpaired) electrons. The van der Waals surface area contributed by atoms with Crippen LogP contribution in [0, 0.1) is 60.9 Å². The van der Waals surface area contributed by atoms with Crippen LogP contribution in [0.25, 0.3) is 0 Å². The molecule has 2 saturated carbocycles. The molecule has 1 aromatic rings. The summed E-state index contributed by atoms with van der Waals surface area (Å²) < 4.78 is 0. The van der Waals surface area contributed by atoms with Crippen molar-refractivity contribution in [3.8, 4) is 0 Å². The Labute approximate surface area is 329 Å². The Hall–Kier alpha value is 0.312. The van der Waals surface area contributed by atoms with Gasteiger partial charge in [-0.15, -0.1) is 0 Å². The van der Waals surface area contributed by atoms with E-state index in [1.165, 1.54) is 89.9 Å². The van der Waals surface area contributed by atoms with Gasteiger partial charge in [-0.3, -0.25) is 4.98 Å². The van der Waals surface area contributed by atoms with Gasteiger partial charge in [0.2, 0.25) is 0 Å². The first-order valence-corrected chi connectivity index (χ1v) is 24.6. The second kappa shape index (κ2) is 24.6. The molecular formula is C41H70Cl4N3Pd-. The van der Waals surface area contributed by atoms with Gasteiger partial charge in [0.15, 0.2) is 0 Å². The van der Waals surface area contributed by atoms with Gasteiger partial charge >= 0.3 is 35.0 Å². The van der Waals surface area contributed by atoms with Crippen molar-refractivity contribution in [1.82, 2.24) is 14.8 Å². The van der Waals surface area contributed by atoms with E-state index in [2.05, 4.69) is 76.8 Å². The number of hydrogen-bond donors (Lipinski definition) is 0. The Kier molecular flexibility index (Phi) is 22.8. The molecule has 0 N–H and O–H groups in total. The van der Waals surface area contributed by atoms with E-state index in [0.717, 1.165) is 39.7 Å². The molecule has 4 rings (SSSR count). The van der Waals surface area contributed by atoms with E-state index in [9.17, 15) is 0 Å². The molecule has 8 heteroatoms. The van der Waals surface area contributed by atoms with E-state index in [4.69, 9.17) is 42.3 Å². The van der Waals surface area contributed by atoms with Crippen LogP contribution < -0.4 is 0 Å². The van der Waals surface area contributed by atoms with Crippen LogP contribution in [0.5, 0.6) is 0 Å². The SMILES string of the molecule is CCC(CC)C1CCCC(C(CC)CC)C1N1[CH-]N(C2C(C(CC)CC)CCCC2C(CC)CC)C(Cl)=C1Cl.Cc1ccccn1.[Cl][Pd][Cl]. The Morgan fingerprint density at radius 1 is 0.633 bits per heavy atom. The normalized spacial score (nSPS) is 26.1. The molecule has 3 aliphatic rings. The van der Waals surface area contributed by atoms with Crippen molar-refractivity contribution in [2.24, 2.45) is 47.3 Å². The zero-order valence-corrected chi connectivity index (χ0v) is 36.8. The third-order valence-corrected chi connectivity index (χ3v) is 13.7. The fraction of sp³-hybridized carbons (Fsp3) is 0.805. The first-order chi connectivity index (χ1) is 23.7. The molecule has 0 aromatic carbocycles. The number of pyridine rings is 1. The van der Waals surface area contributed by atoms with Crippen molar-refractivity contribution in [2.75, 3.05) is 0 Å². The zero-order valence-electron chi connectivity index (χ0n) is 32.2. The summed E-state index contributed by atoms with van der Waals surface area (Å²) in [6, 6.07) is 6.78. The average Bonchev–Trinajstić information content (AvgIpc) is 3.41.